The van der Waals surface area contributed by atoms with Crippen LogP contribution in [0.2, 0.25) is 0 Å². The van der Waals surface area contributed by atoms with Gasteiger partial charge in [-0.25, -0.2) is 0 Å². The highest BCUT2D eigenvalue weighted by Crippen LogP contribution is 2.20. The Morgan fingerprint density at radius 2 is 2.08 bits per heavy atom. The molecule has 1 aliphatic rings. The third-order valence-corrected chi connectivity index (χ3v) is 4.79. The van der Waals surface area contributed by atoms with Crippen LogP contribution in [0.4, 0.5) is 0 Å². The van der Waals surface area contributed by atoms with Crippen LogP contribution in [0.15, 0.2) is 54.7 Å². The number of piperidine rings is 1. The summed E-state index contributed by atoms with van der Waals surface area (Å²) in [5.41, 5.74) is 1.89. The van der Waals surface area contributed by atoms with Crippen LogP contribution in [0.5, 0.6) is 5.75 Å². The number of likely N-dealkylation sites (tertiary alicyclic amines) is 1. The lowest BCUT2D eigenvalue weighted by atomic mass is 10.00. The molecule has 1 aliphatic heterocycles. The van der Waals surface area contributed by atoms with E-state index >= 15 is 0 Å². The van der Waals surface area contributed by atoms with Gasteiger partial charge in [-0.2, -0.15) is 0 Å². The highest BCUT2D eigenvalue weighted by molar-refractivity contribution is 5.92. The van der Waals surface area contributed by atoms with Crippen molar-refractivity contribution in [3.63, 3.8) is 0 Å². The topological polar surface area (TPSA) is 42.4 Å². The second-order valence-corrected chi connectivity index (χ2v) is 6.60. The van der Waals surface area contributed by atoms with Gasteiger partial charge in [0.15, 0.2) is 0 Å². The lowest BCUT2D eigenvalue weighted by Gasteiger charge is -2.34. The molecule has 0 radical (unpaired) electrons. The smallest absolute Gasteiger partial charge is 0.246 e. The fourth-order valence-corrected chi connectivity index (χ4v) is 3.29. The minimum absolute atomic E-state index is 0.118. The number of nitrogens with zero attached hydrogens (tertiary/aromatic N) is 2. The van der Waals surface area contributed by atoms with Crippen LogP contribution in [0.25, 0.3) is 6.08 Å². The number of hydrogen-bond acceptors (Lipinski definition) is 3. The summed E-state index contributed by atoms with van der Waals surface area (Å²) in [7, 11) is 0. The van der Waals surface area contributed by atoms with Crippen molar-refractivity contribution >= 4 is 12.0 Å². The molecule has 4 nitrogen and oxygen atoms in total. The normalized spacial score (nSPS) is 17.4. The van der Waals surface area contributed by atoms with Gasteiger partial charge in [-0.1, -0.05) is 25.1 Å². The molecule has 2 heterocycles. The van der Waals surface area contributed by atoms with Gasteiger partial charge in [0.1, 0.15) is 12.4 Å². The zero-order valence-corrected chi connectivity index (χ0v) is 15.3. The Bertz CT molecular complexity index is 726. The quantitative estimate of drug-likeness (QED) is 0.722. The molecule has 4 heteroatoms. The van der Waals surface area contributed by atoms with Gasteiger partial charge in [0.25, 0.3) is 0 Å². The Morgan fingerprint density at radius 3 is 2.81 bits per heavy atom. The van der Waals surface area contributed by atoms with Crippen LogP contribution in [0.3, 0.4) is 0 Å². The number of pyridine rings is 1. The second kappa shape index (κ2) is 9.18. The maximum Gasteiger partial charge on any atom is 0.246 e. The summed E-state index contributed by atoms with van der Waals surface area (Å²) in [4.78, 5) is 18.7. The van der Waals surface area contributed by atoms with Crippen LogP contribution >= 0.6 is 0 Å². The van der Waals surface area contributed by atoms with E-state index in [9.17, 15) is 4.79 Å². The molecule has 1 unspecified atom stereocenters. The predicted octanol–water partition coefficient (Wildman–Crippen LogP) is 4.46. The molecule has 3 rings (SSSR count). The average molecular weight is 350 g/mol. The lowest BCUT2D eigenvalue weighted by molar-refractivity contribution is -0.129. The number of benzene rings is 1. The maximum absolute atomic E-state index is 12.5. The molecule has 1 aromatic carbocycles. The van der Waals surface area contributed by atoms with Crippen LogP contribution < -0.4 is 4.74 Å². The lowest BCUT2D eigenvalue weighted by Crippen LogP contribution is -2.42. The molecule has 0 aliphatic carbocycles. The van der Waals surface area contributed by atoms with E-state index in [1.165, 1.54) is 6.42 Å². The molecule has 1 saturated heterocycles. The van der Waals surface area contributed by atoms with Crippen molar-refractivity contribution in [2.45, 2.75) is 45.3 Å². The molecule has 0 bridgehead atoms. The molecule has 0 saturated carbocycles. The van der Waals surface area contributed by atoms with E-state index in [1.54, 1.807) is 12.3 Å². The summed E-state index contributed by atoms with van der Waals surface area (Å²) >= 11 is 0. The molecule has 0 spiro atoms. The van der Waals surface area contributed by atoms with E-state index in [1.807, 2.05) is 53.4 Å². The first-order valence-electron chi connectivity index (χ1n) is 9.37. The van der Waals surface area contributed by atoms with E-state index in [0.717, 1.165) is 42.8 Å². The fraction of sp³-hybridized carbons (Fsp3) is 0.364. The number of aromatic nitrogens is 1. The maximum atomic E-state index is 12.5. The van der Waals surface area contributed by atoms with Crippen molar-refractivity contribution in [3.05, 3.63) is 66.0 Å². The minimum atomic E-state index is 0.118. The molecule has 1 amide bonds. The molecule has 1 aromatic heterocycles. The molecular weight excluding hydrogens is 324 g/mol. The highest BCUT2D eigenvalue weighted by atomic mass is 16.5. The van der Waals surface area contributed by atoms with Gasteiger partial charge in [-0.15, -0.1) is 0 Å². The van der Waals surface area contributed by atoms with Crippen molar-refractivity contribution in [1.82, 2.24) is 9.88 Å². The minimum Gasteiger partial charge on any atom is -0.487 e. The van der Waals surface area contributed by atoms with Crippen molar-refractivity contribution < 1.29 is 9.53 Å². The number of carbonyl (C=O) groups excluding carboxylic acids is 1. The summed E-state index contributed by atoms with van der Waals surface area (Å²) < 4.78 is 5.73. The second-order valence-electron chi connectivity index (χ2n) is 6.60. The predicted molar refractivity (Wildman–Crippen MR) is 104 cm³/mol. The van der Waals surface area contributed by atoms with E-state index in [0.29, 0.717) is 12.6 Å². The first-order valence-corrected chi connectivity index (χ1v) is 9.37. The van der Waals surface area contributed by atoms with Crippen molar-refractivity contribution in [1.29, 1.82) is 0 Å². The zero-order chi connectivity index (χ0) is 18.2. The van der Waals surface area contributed by atoms with Crippen LogP contribution in [-0.4, -0.2) is 28.4 Å². The van der Waals surface area contributed by atoms with Gasteiger partial charge in [-0.05, 0) is 61.6 Å². The Kier molecular flexibility index (Phi) is 6.42. The van der Waals surface area contributed by atoms with Crippen LogP contribution in [0.1, 0.15) is 43.9 Å². The molecule has 0 N–H and O–H groups in total. The van der Waals surface area contributed by atoms with Crippen LogP contribution in [0, 0.1) is 0 Å². The largest absolute Gasteiger partial charge is 0.487 e. The zero-order valence-electron chi connectivity index (χ0n) is 15.3. The SMILES string of the molecule is CCC1CCCCN1C(=O)/C=C/c1ccc(OCc2ccccn2)cc1. The fourth-order valence-electron chi connectivity index (χ4n) is 3.29. The summed E-state index contributed by atoms with van der Waals surface area (Å²) in [5, 5.41) is 0. The van der Waals surface area contributed by atoms with Crippen molar-refractivity contribution in [2.75, 3.05) is 6.54 Å². The Morgan fingerprint density at radius 1 is 1.23 bits per heavy atom. The Labute approximate surface area is 155 Å². The standard InChI is InChI=1S/C22H26N2O2/c1-2-20-8-4-6-16-24(20)22(25)14-11-18-9-12-21(13-10-18)26-17-19-7-3-5-15-23-19/h3,5,7,9-15,20H,2,4,6,8,16-17H2,1H3/b14-11+. The van der Waals surface area contributed by atoms with Gasteiger partial charge >= 0.3 is 0 Å². The molecule has 26 heavy (non-hydrogen) atoms. The summed E-state index contributed by atoms with van der Waals surface area (Å²) in [6, 6.07) is 13.9. The van der Waals surface area contributed by atoms with Gasteiger partial charge < -0.3 is 9.64 Å². The van der Waals surface area contributed by atoms with E-state index in [-0.39, 0.29) is 5.91 Å². The van der Waals surface area contributed by atoms with Crippen LogP contribution in [-0.2, 0) is 11.4 Å². The molecule has 1 atom stereocenters. The molecule has 1 fully saturated rings. The van der Waals surface area contributed by atoms with Crippen molar-refractivity contribution in [2.24, 2.45) is 0 Å². The Hall–Kier alpha value is -2.62. The Balaban J connectivity index is 1.54. The summed E-state index contributed by atoms with van der Waals surface area (Å²) in [6.45, 7) is 3.48. The third-order valence-electron chi connectivity index (χ3n) is 4.79. The first-order chi connectivity index (χ1) is 12.8. The molecule has 2 aromatic rings. The van der Waals surface area contributed by atoms with Crippen molar-refractivity contribution in [3.8, 4) is 5.75 Å². The van der Waals surface area contributed by atoms with Gasteiger partial charge in [0.05, 0.1) is 5.69 Å². The van der Waals surface area contributed by atoms with Gasteiger partial charge in [0, 0.05) is 24.9 Å². The van der Waals surface area contributed by atoms with Gasteiger partial charge in [-0.3, -0.25) is 9.78 Å². The number of hydrogen-bond donors (Lipinski definition) is 0. The summed E-state index contributed by atoms with van der Waals surface area (Å²) in [6.07, 6.45) is 9.82. The van der Waals surface area contributed by atoms with E-state index < -0.39 is 0 Å². The van der Waals surface area contributed by atoms with E-state index in [4.69, 9.17) is 4.74 Å². The third kappa shape index (κ3) is 4.94. The highest BCUT2D eigenvalue weighted by Gasteiger charge is 2.23. The van der Waals surface area contributed by atoms with Gasteiger partial charge in [0.2, 0.25) is 5.91 Å². The summed E-state index contributed by atoms with van der Waals surface area (Å²) in [5.74, 6) is 0.910. The molecule has 136 valence electrons. The van der Waals surface area contributed by atoms with E-state index in [2.05, 4.69) is 11.9 Å². The molecular formula is C22H26N2O2. The number of rotatable bonds is 6. The monoisotopic (exact) mass is 350 g/mol. The number of ether oxygens (including phenoxy) is 1. The number of amides is 1. The first kappa shape index (κ1) is 18.2. The average Bonchev–Trinajstić information content (AvgIpc) is 2.72. The number of carbonyl (C=O) groups is 1.